The maximum Gasteiger partial charge on any atom is 0.229 e. The molecule has 6 nitrogen and oxygen atoms in total. The van der Waals surface area contributed by atoms with Gasteiger partial charge in [-0.3, -0.25) is 9.52 Å². The summed E-state index contributed by atoms with van der Waals surface area (Å²) in [6.07, 6.45) is 0.975. The van der Waals surface area contributed by atoms with Crippen molar-refractivity contribution in [3.05, 3.63) is 17.7 Å². The van der Waals surface area contributed by atoms with Crippen molar-refractivity contribution in [1.82, 2.24) is 0 Å². The van der Waals surface area contributed by atoms with Crippen LogP contribution in [0.1, 0.15) is 17.3 Å². The molecule has 94 valence electrons. The molecule has 0 spiro atoms. The molecule has 0 heterocycles. The average molecular weight is 259 g/mol. The van der Waals surface area contributed by atoms with Crippen LogP contribution >= 0.6 is 0 Å². The van der Waals surface area contributed by atoms with E-state index >= 15 is 0 Å². The molecule has 2 N–H and O–H groups in total. The summed E-state index contributed by atoms with van der Waals surface area (Å²) in [6, 6.07) is 2.42. The Morgan fingerprint density at radius 3 is 2.41 bits per heavy atom. The van der Waals surface area contributed by atoms with Gasteiger partial charge in [-0.1, -0.05) is 0 Å². The lowest BCUT2D eigenvalue weighted by molar-refractivity contribution is 0.101. The molecule has 1 aromatic rings. The number of phenolic OH excluding ortho intramolecular Hbond substituents is 1. The molecule has 7 heteroatoms. The Morgan fingerprint density at radius 1 is 1.41 bits per heavy atom. The van der Waals surface area contributed by atoms with Crippen molar-refractivity contribution in [2.45, 2.75) is 6.92 Å². The summed E-state index contributed by atoms with van der Waals surface area (Å²) in [4.78, 5) is 11.2. The molecule has 0 aromatic heterocycles. The molecule has 17 heavy (non-hydrogen) atoms. The van der Waals surface area contributed by atoms with Gasteiger partial charge in [0.25, 0.3) is 0 Å². The zero-order valence-electron chi connectivity index (χ0n) is 9.64. The number of carbonyl (C=O) groups is 1. The van der Waals surface area contributed by atoms with E-state index in [9.17, 15) is 18.3 Å². The van der Waals surface area contributed by atoms with E-state index in [1.165, 1.54) is 20.1 Å². The largest absolute Gasteiger partial charge is 0.507 e. The van der Waals surface area contributed by atoms with Crippen LogP contribution in [-0.2, 0) is 10.0 Å². The third-order valence-electron chi connectivity index (χ3n) is 1.99. The zero-order chi connectivity index (χ0) is 13.2. The van der Waals surface area contributed by atoms with Gasteiger partial charge in [-0.15, -0.1) is 0 Å². The maximum absolute atomic E-state index is 11.2. The number of ether oxygens (including phenoxy) is 1. The van der Waals surface area contributed by atoms with E-state index < -0.39 is 10.0 Å². The van der Waals surface area contributed by atoms with Gasteiger partial charge in [-0.25, -0.2) is 8.42 Å². The minimum atomic E-state index is -3.49. The third-order valence-corrected chi connectivity index (χ3v) is 2.58. The molecule has 0 bridgehead atoms. The molecule has 1 rings (SSSR count). The van der Waals surface area contributed by atoms with Gasteiger partial charge in [0, 0.05) is 6.07 Å². The van der Waals surface area contributed by atoms with Crippen LogP contribution in [0.4, 0.5) is 5.69 Å². The second-order valence-electron chi connectivity index (χ2n) is 3.50. The second kappa shape index (κ2) is 4.62. The molecule has 0 saturated heterocycles. The molecule has 0 saturated carbocycles. The number of sulfonamides is 1. The number of ketones is 1. The van der Waals surface area contributed by atoms with Gasteiger partial charge < -0.3 is 9.84 Å². The molecule has 1 aromatic carbocycles. The summed E-state index contributed by atoms with van der Waals surface area (Å²) in [5.74, 6) is -0.477. The summed E-state index contributed by atoms with van der Waals surface area (Å²) in [5.41, 5.74) is 0.151. The van der Waals surface area contributed by atoms with Crippen LogP contribution in [0.2, 0.25) is 0 Å². The van der Waals surface area contributed by atoms with Gasteiger partial charge in [0.1, 0.15) is 11.5 Å². The lowest BCUT2D eigenvalue weighted by Crippen LogP contribution is -2.11. The van der Waals surface area contributed by atoms with Gasteiger partial charge in [0.2, 0.25) is 10.0 Å². The fourth-order valence-electron chi connectivity index (χ4n) is 1.30. The van der Waals surface area contributed by atoms with Crippen LogP contribution in [0.25, 0.3) is 0 Å². The number of nitrogens with one attached hydrogen (secondary N) is 1. The number of benzene rings is 1. The van der Waals surface area contributed by atoms with Crippen LogP contribution in [-0.4, -0.2) is 32.7 Å². The van der Waals surface area contributed by atoms with E-state index in [0.717, 1.165) is 12.3 Å². The number of anilines is 1. The number of rotatable bonds is 4. The van der Waals surface area contributed by atoms with Crippen LogP contribution in [0.3, 0.4) is 0 Å². The molecule has 0 amide bonds. The molecule has 0 atom stereocenters. The highest BCUT2D eigenvalue weighted by molar-refractivity contribution is 7.92. The van der Waals surface area contributed by atoms with E-state index in [0.29, 0.717) is 0 Å². The third kappa shape index (κ3) is 3.35. The van der Waals surface area contributed by atoms with E-state index in [4.69, 9.17) is 4.74 Å². The summed E-state index contributed by atoms with van der Waals surface area (Å²) in [5, 5.41) is 9.57. The number of methoxy groups -OCH3 is 1. The lowest BCUT2D eigenvalue weighted by Gasteiger charge is -2.12. The standard InChI is InChI=1S/C10H13NO5S/c1-6(12)7-4-10(16-2)8(5-9(7)13)11-17(3,14)15/h4-5,11,13H,1-3H3. The van der Waals surface area contributed by atoms with E-state index in [1.54, 1.807) is 0 Å². The normalized spacial score (nSPS) is 11.0. The molecule has 0 unspecified atom stereocenters. The van der Waals surface area contributed by atoms with Crippen molar-refractivity contribution in [3.8, 4) is 11.5 Å². The predicted molar refractivity (Wildman–Crippen MR) is 63.1 cm³/mol. The summed E-state index contributed by atoms with van der Waals surface area (Å²) in [7, 11) is -2.15. The Morgan fingerprint density at radius 2 is 2.00 bits per heavy atom. The monoisotopic (exact) mass is 259 g/mol. The summed E-state index contributed by atoms with van der Waals surface area (Å²) < 4.78 is 29.3. The highest BCUT2D eigenvalue weighted by Crippen LogP contribution is 2.32. The molecule has 0 radical (unpaired) electrons. The highest BCUT2D eigenvalue weighted by Gasteiger charge is 2.15. The predicted octanol–water partition coefficient (Wildman–Crippen LogP) is 0.975. The van der Waals surface area contributed by atoms with Crippen molar-refractivity contribution in [1.29, 1.82) is 0 Å². The molecule has 0 aliphatic heterocycles. The van der Waals surface area contributed by atoms with Crippen molar-refractivity contribution in [3.63, 3.8) is 0 Å². The van der Waals surface area contributed by atoms with Crippen molar-refractivity contribution >= 4 is 21.5 Å². The van der Waals surface area contributed by atoms with Crippen molar-refractivity contribution in [2.24, 2.45) is 0 Å². The fourth-order valence-corrected chi connectivity index (χ4v) is 1.86. The fraction of sp³-hybridized carbons (Fsp3) is 0.300. The first-order valence-corrected chi connectivity index (χ1v) is 6.53. The van der Waals surface area contributed by atoms with Crippen LogP contribution in [0.5, 0.6) is 11.5 Å². The minimum absolute atomic E-state index is 0.0703. The first-order chi connectivity index (χ1) is 7.74. The first kappa shape index (κ1) is 13.3. The van der Waals surface area contributed by atoms with E-state index in [2.05, 4.69) is 4.72 Å². The average Bonchev–Trinajstić information content (AvgIpc) is 2.14. The Labute approximate surface area is 99.3 Å². The summed E-state index contributed by atoms with van der Waals surface area (Å²) in [6.45, 7) is 1.29. The number of phenols is 1. The van der Waals surface area contributed by atoms with Gasteiger partial charge in [0.15, 0.2) is 5.78 Å². The number of carbonyl (C=O) groups excluding carboxylic acids is 1. The Bertz CT molecular complexity index is 550. The Balaban J connectivity index is 3.33. The summed E-state index contributed by atoms with van der Waals surface area (Å²) >= 11 is 0. The van der Waals surface area contributed by atoms with E-state index in [-0.39, 0.29) is 28.5 Å². The first-order valence-electron chi connectivity index (χ1n) is 4.64. The Kier molecular flexibility index (Phi) is 3.62. The van der Waals surface area contributed by atoms with Gasteiger partial charge >= 0.3 is 0 Å². The highest BCUT2D eigenvalue weighted by atomic mass is 32.2. The van der Waals surface area contributed by atoms with Gasteiger partial charge in [-0.05, 0) is 13.0 Å². The maximum atomic E-state index is 11.2. The van der Waals surface area contributed by atoms with Gasteiger partial charge in [-0.2, -0.15) is 0 Å². The number of hydrogen-bond donors (Lipinski definition) is 2. The smallest absolute Gasteiger partial charge is 0.229 e. The zero-order valence-corrected chi connectivity index (χ0v) is 10.5. The van der Waals surface area contributed by atoms with Crippen molar-refractivity contribution < 1.29 is 23.1 Å². The number of hydrogen-bond acceptors (Lipinski definition) is 5. The molecule has 0 fully saturated rings. The lowest BCUT2D eigenvalue weighted by atomic mass is 10.1. The second-order valence-corrected chi connectivity index (χ2v) is 5.25. The topological polar surface area (TPSA) is 92.7 Å². The number of aromatic hydroxyl groups is 1. The SMILES string of the molecule is COc1cc(C(C)=O)c(O)cc1NS(C)(=O)=O. The molecular formula is C10H13NO5S. The molecule has 0 aliphatic carbocycles. The number of Topliss-reactive ketones (excluding diaryl/α,β-unsaturated/α-hetero) is 1. The molecule has 0 aliphatic rings. The van der Waals surface area contributed by atoms with Gasteiger partial charge in [0.05, 0.1) is 24.6 Å². The Hall–Kier alpha value is -1.76. The van der Waals surface area contributed by atoms with Crippen LogP contribution in [0.15, 0.2) is 12.1 Å². The molecular weight excluding hydrogens is 246 g/mol. The van der Waals surface area contributed by atoms with Crippen LogP contribution in [0, 0.1) is 0 Å². The minimum Gasteiger partial charge on any atom is -0.507 e. The quantitative estimate of drug-likeness (QED) is 0.786. The van der Waals surface area contributed by atoms with Crippen LogP contribution < -0.4 is 9.46 Å². The van der Waals surface area contributed by atoms with Crippen molar-refractivity contribution in [2.75, 3.05) is 18.1 Å². The van der Waals surface area contributed by atoms with E-state index in [1.807, 2.05) is 0 Å².